The number of benzene rings is 2. The number of aryl methyl sites for hydroxylation is 1. The van der Waals surface area contributed by atoms with Crippen molar-refractivity contribution >= 4 is 15.9 Å². The van der Waals surface area contributed by atoms with Crippen LogP contribution in [0, 0.1) is 24.1 Å². The van der Waals surface area contributed by atoms with Crippen molar-refractivity contribution in [3.63, 3.8) is 0 Å². The van der Waals surface area contributed by atoms with Crippen LogP contribution in [0.2, 0.25) is 0 Å². The molecule has 0 atom stereocenters. The first-order valence-electron chi connectivity index (χ1n) is 7.68. The van der Waals surface area contributed by atoms with Crippen LogP contribution in [0.15, 0.2) is 51.7 Å². The summed E-state index contributed by atoms with van der Waals surface area (Å²) >= 11 is 3.36. The van der Waals surface area contributed by atoms with Crippen LogP contribution in [0.1, 0.15) is 22.4 Å². The van der Waals surface area contributed by atoms with Crippen molar-refractivity contribution in [2.24, 2.45) is 0 Å². The third-order valence-corrected chi connectivity index (χ3v) is 4.69. The number of nitriles is 1. The number of aromatic amines is 1. The zero-order valence-electron chi connectivity index (χ0n) is 13.7. The average Bonchev–Trinajstić information content (AvgIpc) is 2.65. The summed E-state index contributed by atoms with van der Waals surface area (Å²) in [4.78, 5) is 11.1. The zero-order chi connectivity index (χ0) is 18.7. The van der Waals surface area contributed by atoms with Gasteiger partial charge in [-0.15, -0.1) is 0 Å². The molecule has 0 saturated heterocycles. The molecule has 0 bridgehead atoms. The van der Waals surface area contributed by atoms with E-state index in [1.807, 2.05) is 13.0 Å². The lowest BCUT2D eigenvalue weighted by Crippen LogP contribution is -2.08. The molecule has 3 aromatic rings. The van der Waals surface area contributed by atoms with Gasteiger partial charge in [-0.3, -0.25) is 4.79 Å². The minimum absolute atomic E-state index is 0.0412. The van der Waals surface area contributed by atoms with Crippen LogP contribution in [-0.4, -0.2) is 10.2 Å². The predicted octanol–water partition coefficient (Wildman–Crippen LogP) is 4.23. The molecule has 3 rings (SSSR count). The van der Waals surface area contributed by atoms with Crippen molar-refractivity contribution in [1.29, 1.82) is 5.26 Å². The summed E-state index contributed by atoms with van der Waals surface area (Å²) in [6.07, 6.45) is 0.200. The highest BCUT2D eigenvalue weighted by Gasteiger charge is 2.18. The van der Waals surface area contributed by atoms with Gasteiger partial charge in [0.15, 0.2) is 11.6 Å². The van der Waals surface area contributed by atoms with E-state index in [0.29, 0.717) is 27.0 Å². The smallest absolute Gasteiger partial charge is 0.264 e. The highest BCUT2D eigenvalue weighted by molar-refractivity contribution is 9.10. The molecule has 5 nitrogen and oxygen atoms in total. The Morgan fingerprint density at radius 3 is 2.81 bits per heavy atom. The van der Waals surface area contributed by atoms with Gasteiger partial charge in [0, 0.05) is 12.5 Å². The van der Waals surface area contributed by atoms with Crippen LogP contribution >= 0.6 is 15.9 Å². The summed E-state index contributed by atoms with van der Waals surface area (Å²) in [7, 11) is 0. The van der Waals surface area contributed by atoms with E-state index < -0.39 is 5.82 Å². The molecule has 0 unspecified atom stereocenters. The van der Waals surface area contributed by atoms with E-state index in [1.54, 1.807) is 30.3 Å². The molecule has 0 aliphatic heterocycles. The molecule has 26 heavy (non-hydrogen) atoms. The molecular formula is C19H13BrFN3O2. The number of hydrogen-bond acceptors (Lipinski definition) is 4. The lowest BCUT2D eigenvalue weighted by molar-refractivity contribution is 0.435. The number of halogens is 2. The number of nitrogens with zero attached hydrogens (tertiary/aromatic N) is 2. The highest BCUT2D eigenvalue weighted by Crippen LogP contribution is 2.37. The first kappa shape index (κ1) is 17.8. The number of hydrogen-bond donors (Lipinski definition) is 1. The third kappa shape index (κ3) is 3.81. The number of aromatic nitrogens is 2. The Bertz CT molecular complexity index is 1050. The van der Waals surface area contributed by atoms with E-state index in [9.17, 15) is 4.79 Å². The largest absolute Gasteiger partial charge is 0.453 e. The summed E-state index contributed by atoms with van der Waals surface area (Å²) in [5.74, 6) is -0.125. The van der Waals surface area contributed by atoms with E-state index in [-0.39, 0.29) is 17.7 Å². The first-order chi connectivity index (χ1) is 12.5. The van der Waals surface area contributed by atoms with Crippen LogP contribution in [0.4, 0.5) is 4.39 Å². The maximum atomic E-state index is 15.0. The molecule has 1 N–H and O–H groups in total. The Morgan fingerprint density at radius 1 is 1.31 bits per heavy atom. The van der Waals surface area contributed by atoms with E-state index in [2.05, 4.69) is 26.1 Å². The second kappa shape index (κ2) is 7.50. The van der Waals surface area contributed by atoms with Gasteiger partial charge in [-0.2, -0.15) is 10.4 Å². The molecule has 0 aliphatic rings. The molecule has 0 fully saturated rings. The van der Waals surface area contributed by atoms with Crippen molar-refractivity contribution in [3.05, 3.63) is 85.5 Å². The van der Waals surface area contributed by atoms with Gasteiger partial charge in [-0.25, -0.2) is 9.49 Å². The minimum Gasteiger partial charge on any atom is -0.453 e. The fourth-order valence-electron chi connectivity index (χ4n) is 2.44. The van der Waals surface area contributed by atoms with E-state index in [1.165, 1.54) is 12.1 Å². The molecule has 0 aliphatic carbocycles. The Labute approximate surface area is 157 Å². The number of ether oxygens (including phenoxy) is 1. The van der Waals surface area contributed by atoms with Crippen molar-refractivity contribution in [2.75, 3.05) is 0 Å². The molecular weight excluding hydrogens is 401 g/mol. The summed E-state index contributed by atoms with van der Waals surface area (Å²) in [5.41, 5.74) is 1.81. The van der Waals surface area contributed by atoms with Crippen molar-refractivity contribution in [2.45, 2.75) is 13.3 Å². The zero-order valence-corrected chi connectivity index (χ0v) is 15.3. The number of nitrogens with one attached hydrogen (secondary N) is 1. The normalized spacial score (nSPS) is 10.4. The molecule has 7 heteroatoms. The lowest BCUT2D eigenvalue weighted by Gasteiger charge is -2.14. The predicted molar refractivity (Wildman–Crippen MR) is 97.7 cm³/mol. The second-order valence-electron chi connectivity index (χ2n) is 5.64. The Balaban J connectivity index is 1.99. The highest BCUT2D eigenvalue weighted by atomic mass is 79.9. The second-order valence-corrected chi connectivity index (χ2v) is 6.43. The lowest BCUT2D eigenvalue weighted by atomic mass is 10.1. The fraction of sp³-hybridized carbons (Fsp3) is 0.105. The van der Waals surface area contributed by atoms with Gasteiger partial charge in [0.05, 0.1) is 21.8 Å². The van der Waals surface area contributed by atoms with Gasteiger partial charge in [-0.1, -0.05) is 12.1 Å². The van der Waals surface area contributed by atoms with Gasteiger partial charge in [0.2, 0.25) is 0 Å². The van der Waals surface area contributed by atoms with Gasteiger partial charge in [0.25, 0.3) is 5.56 Å². The Morgan fingerprint density at radius 2 is 2.12 bits per heavy atom. The maximum absolute atomic E-state index is 15.0. The SMILES string of the molecule is Cc1cc(Cc2ccc(=O)[nH]n2)c(F)c(Oc2cccc(C#N)c2)c1Br. The Hall–Kier alpha value is -2.98. The Kier molecular flexibility index (Phi) is 5.14. The van der Waals surface area contributed by atoms with Crippen LogP contribution in [0.3, 0.4) is 0 Å². The molecule has 1 aromatic heterocycles. The fourth-order valence-corrected chi connectivity index (χ4v) is 2.81. The number of H-pyrrole nitrogens is 1. The summed E-state index contributed by atoms with van der Waals surface area (Å²) in [5, 5.41) is 15.2. The van der Waals surface area contributed by atoms with Crippen molar-refractivity contribution in [3.8, 4) is 17.6 Å². The monoisotopic (exact) mass is 413 g/mol. The minimum atomic E-state index is -0.530. The van der Waals surface area contributed by atoms with Gasteiger partial charge in [-0.05, 0) is 58.2 Å². The molecule has 0 radical (unpaired) electrons. The molecule has 0 saturated carbocycles. The molecule has 130 valence electrons. The first-order valence-corrected chi connectivity index (χ1v) is 8.47. The topological polar surface area (TPSA) is 78.8 Å². The molecule has 1 heterocycles. The average molecular weight is 414 g/mol. The van der Waals surface area contributed by atoms with Crippen LogP contribution in [0.5, 0.6) is 11.5 Å². The van der Waals surface area contributed by atoms with Gasteiger partial charge >= 0.3 is 0 Å². The summed E-state index contributed by atoms with van der Waals surface area (Å²) in [6.45, 7) is 1.83. The third-order valence-electron chi connectivity index (χ3n) is 3.71. The van der Waals surface area contributed by atoms with Crippen LogP contribution in [0.25, 0.3) is 0 Å². The quantitative estimate of drug-likeness (QED) is 0.693. The molecule has 0 amide bonds. The van der Waals surface area contributed by atoms with Crippen LogP contribution in [-0.2, 0) is 6.42 Å². The maximum Gasteiger partial charge on any atom is 0.264 e. The van der Waals surface area contributed by atoms with Gasteiger partial charge in [0.1, 0.15) is 5.75 Å². The van der Waals surface area contributed by atoms with E-state index >= 15 is 4.39 Å². The van der Waals surface area contributed by atoms with Crippen molar-refractivity contribution < 1.29 is 9.13 Å². The van der Waals surface area contributed by atoms with E-state index in [0.717, 1.165) is 5.56 Å². The summed E-state index contributed by atoms with van der Waals surface area (Å²) < 4.78 is 21.2. The molecule has 0 spiro atoms. The van der Waals surface area contributed by atoms with Crippen molar-refractivity contribution in [1.82, 2.24) is 10.2 Å². The van der Waals surface area contributed by atoms with Gasteiger partial charge < -0.3 is 4.74 Å². The summed E-state index contributed by atoms with van der Waals surface area (Å²) in [6, 6.07) is 13.1. The molecule has 2 aromatic carbocycles. The standard InChI is InChI=1S/C19H13BrFN3O2/c1-11-7-13(9-14-5-6-16(25)24-23-14)18(21)19(17(11)20)26-15-4-2-3-12(8-15)10-22/h2-8H,9H2,1H3,(H,24,25). The van der Waals surface area contributed by atoms with Crippen LogP contribution < -0.4 is 10.3 Å². The number of rotatable bonds is 4. The van der Waals surface area contributed by atoms with E-state index in [4.69, 9.17) is 10.00 Å².